The molecule has 0 unspecified atom stereocenters. The molecule has 2 aromatic rings. The van der Waals surface area contributed by atoms with Crippen LogP contribution in [-0.4, -0.2) is 0 Å². The van der Waals surface area contributed by atoms with Crippen LogP contribution in [0, 0.1) is 34.3 Å². The molecule has 0 aromatic heterocycles. The molecule has 0 radical (unpaired) electrons. The van der Waals surface area contributed by atoms with Gasteiger partial charge in [0.2, 0.25) is 0 Å². The summed E-state index contributed by atoms with van der Waals surface area (Å²) in [7, 11) is 0. The largest absolute Gasteiger partial charge is 0.379 e. The highest BCUT2D eigenvalue weighted by molar-refractivity contribution is 6.33. The summed E-state index contributed by atoms with van der Waals surface area (Å²) in [6.07, 6.45) is 0. The van der Waals surface area contributed by atoms with E-state index in [0.29, 0.717) is 0 Å². The Morgan fingerprint density at radius 1 is 1.00 bits per heavy atom. The van der Waals surface area contributed by atoms with Gasteiger partial charge in [0, 0.05) is 6.54 Å². The molecule has 3 nitrogen and oxygen atoms in total. The van der Waals surface area contributed by atoms with E-state index in [1.807, 2.05) is 30.3 Å². The van der Waals surface area contributed by atoms with Gasteiger partial charge in [0.05, 0.1) is 5.69 Å². The molecule has 0 amide bonds. The summed E-state index contributed by atoms with van der Waals surface area (Å²) in [4.78, 5) is 0. The summed E-state index contributed by atoms with van der Waals surface area (Å²) in [6.45, 7) is 0.236. The molecule has 6 heteroatoms. The van der Waals surface area contributed by atoms with Crippen LogP contribution in [0.25, 0.3) is 0 Å². The third-order valence-electron chi connectivity index (χ3n) is 2.86. The van der Waals surface area contributed by atoms with Gasteiger partial charge in [-0.2, -0.15) is 10.5 Å². The van der Waals surface area contributed by atoms with E-state index in [1.54, 1.807) is 6.07 Å². The highest BCUT2D eigenvalue weighted by atomic mass is 35.5. The highest BCUT2D eigenvalue weighted by Gasteiger charge is 2.23. The maximum absolute atomic E-state index is 13.9. The van der Waals surface area contributed by atoms with Gasteiger partial charge >= 0.3 is 0 Å². The first-order valence-electron chi connectivity index (χ1n) is 5.88. The molecule has 21 heavy (non-hydrogen) atoms. The Labute approximate surface area is 125 Å². The minimum Gasteiger partial charge on any atom is -0.379 e. The third kappa shape index (κ3) is 2.79. The van der Waals surface area contributed by atoms with Crippen LogP contribution in [0.3, 0.4) is 0 Å². The van der Waals surface area contributed by atoms with Crippen molar-refractivity contribution in [3.05, 3.63) is 63.7 Å². The second-order valence-corrected chi connectivity index (χ2v) is 4.51. The SMILES string of the molecule is N#Cc1c(F)c(Cl)c(NCc2ccccc2)c(C#N)c1F. The molecular formula is C15H8ClF2N3. The first kappa shape index (κ1) is 14.8. The predicted octanol–water partition coefficient (Wildman–Crippen LogP) is 3.97. The van der Waals surface area contributed by atoms with Crippen LogP contribution in [0.4, 0.5) is 14.5 Å². The maximum Gasteiger partial charge on any atom is 0.164 e. The zero-order valence-corrected chi connectivity index (χ0v) is 11.4. The minimum atomic E-state index is -1.21. The average Bonchev–Trinajstić information content (AvgIpc) is 2.51. The Bertz CT molecular complexity index is 761. The van der Waals surface area contributed by atoms with Crippen molar-refractivity contribution in [3.63, 3.8) is 0 Å². The molecule has 0 saturated heterocycles. The van der Waals surface area contributed by atoms with Crippen LogP contribution in [0.15, 0.2) is 30.3 Å². The van der Waals surface area contributed by atoms with E-state index in [0.717, 1.165) is 5.56 Å². The topological polar surface area (TPSA) is 59.6 Å². The first-order valence-corrected chi connectivity index (χ1v) is 6.26. The maximum atomic E-state index is 13.9. The second-order valence-electron chi connectivity index (χ2n) is 4.13. The zero-order valence-electron chi connectivity index (χ0n) is 10.6. The quantitative estimate of drug-likeness (QED) is 0.873. The van der Waals surface area contributed by atoms with Crippen molar-refractivity contribution in [2.45, 2.75) is 6.54 Å². The van der Waals surface area contributed by atoms with Gasteiger partial charge in [0.25, 0.3) is 0 Å². The number of nitrogens with zero attached hydrogens (tertiary/aromatic N) is 2. The number of rotatable bonds is 3. The normalized spacial score (nSPS) is 9.76. The number of hydrogen-bond donors (Lipinski definition) is 1. The van der Waals surface area contributed by atoms with Crippen LogP contribution >= 0.6 is 11.6 Å². The fraction of sp³-hybridized carbons (Fsp3) is 0.0667. The Hall–Kier alpha value is -2.63. The summed E-state index contributed by atoms with van der Waals surface area (Å²) in [5.74, 6) is -2.39. The van der Waals surface area contributed by atoms with Gasteiger partial charge in [-0.25, -0.2) is 8.78 Å². The third-order valence-corrected chi connectivity index (χ3v) is 3.21. The van der Waals surface area contributed by atoms with Crippen LogP contribution in [0.1, 0.15) is 16.7 Å². The molecular weight excluding hydrogens is 296 g/mol. The van der Waals surface area contributed by atoms with Crippen LogP contribution in [0.2, 0.25) is 5.02 Å². The van der Waals surface area contributed by atoms with Gasteiger partial charge < -0.3 is 5.32 Å². The highest BCUT2D eigenvalue weighted by Crippen LogP contribution is 2.34. The van der Waals surface area contributed by atoms with Gasteiger partial charge in [-0.15, -0.1) is 0 Å². The van der Waals surface area contributed by atoms with Gasteiger partial charge in [-0.05, 0) is 5.56 Å². The van der Waals surface area contributed by atoms with Crippen molar-refractivity contribution in [2.24, 2.45) is 0 Å². The molecule has 0 saturated carbocycles. The van der Waals surface area contributed by atoms with E-state index in [4.69, 9.17) is 22.1 Å². The van der Waals surface area contributed by atoms with Crippen LogP contribution in [0.5, 0.6) is 0 Å². The number of nitriles is 2. The fourth-order valence-corrected chi connectivity index (χ4v) is 2.07. The number of halogens is 3. The lowest BCUT2D eigenvalue weighted by atomic mass is 10.1. The van der Waals surface area contributed by atoms with Crippen molar-refractivity contribution in [3.8, 4) is 12.1 Å². The van der Waals surface area contributed by atoms with Crippen molar-refractivity contribution < 1.29 is 8.78 Å². The van der Waals surface area contributed by atoms with Crippen molar-refractivity contribution in [2.75, 3.05) is 5.32 Å². The van der Waals surface area contributed by atoms with E-state index in [-0.39, 0.29) is 12.2 Å². The van der Waals surface area contributed by atoms with E-state index in [1.165, 1.54) is 6.07 Å². The van der Waals surface area contributed by atoms with Crippen molar-refractivity contribution in [1.82, 2.24) is 0 Å². The molecule has 0 heterocycles. The minimum absolute atomic E-state index is 0.156. The lowest BCUT2D eigenvalue weighted by Gasteiger charge is -2.12. The van der Waals surface area contributed by atoms with Gasteiger partial charge in [0.15, 0.2) is 11.6 Å². The number of anilines is 1. The Morgan fingerprint density at radius 2 is 1.62 bits per heavy atom. The Kier molecular flexibility index (Phi) is 4.37. The van der Waals surface area contributed by atoms with Gasteiger partial charge in [-0.1, -0.05) is 41.9 Å². The standard InChI is InChI=1S/C15H8ClF2N3/c16-12-14(18)10(6-19)13(17)11(7-20)15(12)21-8-9-4-2-1-3-5-9/h1-5,21H,8H2. The lowest BCUT2D eigenvalue weighted by molar-refractivity contribution is 0.575. The smallest absolute Gasteiger partial charge is 0.164 e. The lowest BCUT2D eigenvalue weighted by Crippen LogP contribution is -2.07. The molecule has 0 aliphatic heterocycles. The first-order chi connectivity index (χ1) is 10.1. The number of nitrogens with one attached hydrogen (secondary N) is 1. The monoisotopic (exact) mass is 303 g/mol. The second kappa shape index (κ2) is 6.21. The average molecular weight is 304 g/mol. The summed E-state index contributed by atoms with van der Waals surface area (Å²) in [6, 6.07) is 12.0. The van der Waals surface area contributed by atoms with Gasteiger partial charge in [-0.3, -0.25) is 0 Å². The molecule has 104 valence electrons. The van der Waals surface area contributed by atoms with Crippen LogP contribution < -0.4 is 5.32 Å². The molecule has 0 atom stereocenters. The molecule has 0 aliphatic rings. The zero-order chi connectivity index (χ0) is 15.4. The van der Waals surface area contributed by atoms with E-state index in [2.05, 4.69) is 5.32 Å². The fourth-order valence-electron chi connectivity index (χ4n) is 1.82. The molecule has 0 fully saturated rings. The van der Waals surface area contributed by atoms with Crippen LogP contribution in [-0.2, 0) is 6.54 Å². The summed E-state index contributed by atoms with van der Waals surface area (Å²) in [5, 5.41) is 20.0. The summed E-state index contributed by atoms with van der Waals surface area (Å²) in [5.41, 5.74) is -0.643. The predicted molar refractivity (Wildman–Crippen MR) is 74.6 cm³/mol. The summed E-state index contributed by atoms with van der Waals surface area (Å²) < 4.78 is 27.7. The molecule has 1 N–H and O–H groups in total. The van der Waals surface area contributed by atoms with E-state index >= 15 is 0 Å². The molecule has 2 aromatic carbocycles. The molecule has 0 spiro atoms. The van der Waals surface area contributed by atoms with Crippen molar-refractivity contribution >= 4 is 17.3 Å². The molecule has 0 bridgehead atoms. The van der Waals surface area contributed by atoms with E-state index in [9.17, 15) is 8.78 Å². The summed E-state index contributed by atoms with van der Waals surface area (Å²) >= 11 is 5.79. The number of benzene rings is 2. The van der Waals surface area contributed by atoms with E-state index < -0.39 is 27.8 Å². The number of hydrogen-bond acceptors (Lipinski definition) is 3. The molecule has 0 aliphatic carbocycles. The Morgan fingerprint density at radius 3 is 2.19 bits per heavy atom. The van der Waals surface area contributed by atoms with Crippen molar-refractivity contribution in [1.29, 1.82) is 10.5 Å². The molecule has 2 rings (SSSR count). The Balaban J connectivity index is 2.45. The van der Waals surface area contributed by atoms with Gasteiger partial charge in [0.1, 0.15) is 28.3 Å².